The summed E-state index contributed by atoms with van der Waals surface area (Å²) in [5.74, 6) is 0.649. The molecule has 0 atom stereocenters. The number of hydrogen-bond acceptors (Lipinski definition) is 6. The molecule has 24 heavy (non-hydrogen) atoms. The summed E-state index contributed by atoms with van der Waals surface area (Å²) in [7, 11) is 0. The van der Waals surface area contributed by atoms with Crippen LogP contribution in [-0.2, 0) is 0 Å². The normalized spacial score (nSPS) is 11.8. The molecule has 0 aliphatic carbocycles. The average molecular weight is 332 g/mol. The third-order valence-corrected chi connectivity index (χ3v) is 5.08. The lowest BCUT2D eigenvalue weighted by Crippen LogP contribution is -1.90. The standard InChI is InChI=1S/C17H12N6S/c1-9-6-10(2)20-17-12(9)13-14(24-17)16-21-15(22-23(16)8-19-13)11-4-3-5-18-7-11/h3-8H,1-2H3. The fourth-order valence-corrected chi connectivity index (χ4v) is 4.21. The summed E-state index contributed by atoms with van der Waals surface area (Å²) in [4.78, 5) is 19.1. The Balaban J connectivity index is 1.87. The molecule has 7 heteroatoms. The van der Waals surface area contributed by atoms with Gasteiger partial charge < -0.3 is 0 Å². The van der Waals surface area contributed by atoms with Crippen LogP contribution in [0.25, 0.3) is 37.5 Å². The van der Waals surface area contributed by atoms with E-state index in [1.807, 2.05) is 19.1 Å². The lowest BCUT2D eigenvalue weighted by molar-refractivity contribution is 0.939. The van der Waals surface area contributed by atoms with Gasteiger partial charge in [0.25, 0.3) is 0 Å². The van der Waals surface area contributed by atoms with Crippen molar-refractivity contribution < 1.29 is 0 Å². The molecule has 0 N–H and O–H groups in total. The smallest absolute Gasteiger partial charge is 0.183 e. The zero-order valence-electron chi connectivity index (χ0n) is 13.1. The number of pyridine rings is 2. The van der Waals surface area contributed by atoms with E-state index in [4.69, 9.17) is 4.98 Å². The number of thiophene rings is 1. The molecule has 0 spiro atoms. The molecule has 0 saturated carbocycles. The number of rotatable bonds is 1. The summed E-state index contributed by atoms with van der Waals surface area (Å²) in [5, 5.41) is 5.64. The van der Waals surface area contributed by atoms with Gasteiger partial charge in [0, 0.05) is 29.0 Å². The molecule has 6 nitrogen and oxygen atoms in total. The number of aryl methyl sites for hydroxylation is 2. The number of hydrogen-bond donors (Lipinski definition) is 0. The first-order chi connectivity index (χ1) is 11.7. The van der Waals surface area contributed by atoms with Crippen LogP contribution in [0.5, 0.6) is 0 Å². The maximum Gasteiger partial charge on any atom is 0.183 e. The Labute approximate surface area is 140 Å². The molecule has 5 aromatic heterocycles. The second-order valence-corrected chi connectivity index (χ2v) is 6.73. The van der Waals surface area contributed by atoms with Gasteiger partial charge in [0.1, 0.15) is 15.9 Å². The summed E-state index contributed by atoms with van der Waals surface area (Å²) in [6.07, 6.45) is 5.22. The van der Waals surface area contributed by atoms with E-state index in [-0.39, 0.29) is 0 Å². The third kappa shape index (κ3) is 1.85. The number of nitrogens with zero attached hydrogens (tertiary/aromatic N) is 6. The van der Waals surface area contributed by atoms with Crippen molar-refractivity contribution in [1.82, 2.24) is 29.5 Å². The van der Waals surface area contributed by atoms with Crippen LogP contribution in [0.4, 0.5) is 0 Å². The van der Waals surface area contributed by atoms with Crippen molar-refractivity contribution in [2.45, 2.75) is 13.8 Å². The van der Waals surface area contributed by atoms with E-state index < -0.39 is 0 Å². The lowest BCUT2D eigenvalue weighted by Gasteiger charge is -1.98. The third-order valence-electron chi connectivity index (χ3n) is 4.01. The van der Waals surface area contributed by atoms with Crippen molar-refractivity contribution in [3.63, 3.8) is 0 Å². The molecule has 0 radical (unpaired) electrons. The van der Waals surface area contributed by atoms with Crippen LogP contribution in [-0.4, -0.2) is 29.5 Å². The number of aromatic nitrogens is 6. The fraction of sp³-hybridized carbons (Fsp3) is 0.118. The minimum absolute atomic E-state index is 0.649. The van der Waals surface area contributed by atoms with E-state index >= 15 is 0 Å². The van der Waals surface area contributed by atoms with Crippen molar-refractivity contribution in [2.24, 2.45) is 0 Å². The van der Waals surface area contributed by atoms with Gasteiger partial charge in [0.15, 0.2) is 11.5 Å². The molecule has 116 valence electrons. The average Bonchev–Trinajstić information content (AvgIpc) is 3.16. The molecule has 0 amide bonds. The van der Waals surface area contributed by atoms with E-state index in [2.05, 4.69) is 33.0 Å². The van der Waals surface area contributed by atoms with E-state index in [1.165, 1.54) is 5.56 Å². The van der Waals surface area contributed by atoms with Crippen molar-refractivity contribution in [1.29, 1.82) is 0 Å². The quantitative estimate of drug-likeness (QED) is 0.469. The maximum atomic E-state index is 4.71. The Kier molecular flexibility index (Phi) is 2.69. The van der Waals surface area contributed by atoms with Gasteiger partial charge in [-0.15, -0.1) is 16.4 Å². The topological polar surface area (TPSA) is 68.9 Å². The van der Waals surface area contributed by atoms with Crippen LogP contribution in [0, 0.1) is 13.8 Å². The minimum atomic E-state index is 0.649. The summed E-state index contributed by atoms with van der Waals surface area (Å²) in [5.41, 5.74) is 4.84. The zero-order valence-corrected chi connectivity index (χ0v) is 13.9. The first-order valence-electron chi connectivity index (χ1n) is 7.53. The van der Waals surface area contributed by atoms with E-state index in [1.54, 1.807) is 34.6 Å². The second-order valence-electron chi connectivity index (χ2n) is 5.73. The second kappa shape index (κ2) is 4.78. The molecule has 0 fully saturated rings. The lowest BCUT2D eigenvalue weighted by atomic mass is 10.1. The highest BCUT2D eigenvalue weighted by atomic mass is 32.1. The van der Waals surface area contributed by atoms with Crippen LogP contribution in [0.15, 0.2) is 36.9 Å². The molecule has 0 unspecified atom stereocenters. The molecular weight excluding hydrogens is 320 g/mol. The molecule has 0 aliphatic heterocycles. The molecular formula is C17H12N6S. The van der Waals surface area contributed by atoms with Crippen LogP contribution < -0.4 is 0 Å². The molecule has 5 heterocycles. The van der Waals surface area contributed by atoms with Crippen LogP contribution in [0.1, 0.15) is 11.3 Å². The van der Waals surface area contributed by atoms with Gasteiger partial charge in [-0.05, 0) is 37.6 Å². The Hall–Kier alpha value is -2.93. The first kappa shape index (κ1) is 13.5. The summed E-state index contributed by atoms with van der Waals surface area (Å²) >= 11 is 1.62. The molecule has 0 saturated heterocycles. The zero-order chi connectivity index (χ0) is 16.3. The number of fused-ring (bicyclic) bond motifs is 5. The highest BCUT2D eigenvalue weighted by Crippen LogP contribution is 2.35. The minimum Gasteiger partial charge on any atom is -0.264 e. The van der Waals surface area contributed by atoms with Gasteiger partial charge >= 0.3 is 0 Å². The van der Waals surface area contributed by atoms with Crippen molar-refractivity contribution >= 4 is 37.4 Å². The SMILES string of the molecule is Cc1cc(C)c2c(n1)sc1c2ncn2nc(-c3cccnc3)nc12. The molecule has 0 aromatic carbocycles. The molecule has 5 rings (SSSR count). The predicted molar refractivity (Wildman–Crippen MR) is 94.2 cm³/mol. The van der Waals surface area contributed by atoms with Gasteiger partial charge in [0.2, 0.25) is 0 Å². The van der Waals surface area contributed by atoms with Crippen LogP contribution in [0.3, 0.4) is 0 Å². The van der Waals surface area contributed by atoms with E-state index in [9.17, 15) is 0 Å². The van der Waals surface area contributed by atoms with E-state index in [0.717, 1.165) is 37.3 Å². The Morgan fingerprint density at radius 1 is 1.17 bits per heavy atom. The van der Waals surface area contributed by atoms with E-state index in [0.29, 0.717) is 5.82 Å². The van der Waals surface area contributed by atoms with Gasteiger partial charge in [-0.25, -0.2) is 19.5 Å². The Morgan fingerprint density at radius 2 is 2.08 bits per heavy atom. The van der Waals surface area contributed by atoms with Crippen molar-refractivity contribution in [3.05, 3.63) is 48.2 Å². The Bertz CT molecular complexity index is 1220. The summed E-state index contributed by atoms with van der Waals surface area (Å²) in [6.45, 7) is 4.11. The van der Waals surface area contributed by atoms with Gasteiger partial charge in [-0.2, -0.15) is 0 Å². The van der Waals surface area contributed by atoms with Crippen molar-refractivity contribution in [2.75, 3.05) is 0 Å². The van der Waals surface area contributed by atoms with Gasteiger partial charge in [-0.3, -0.25) is 4.98 Å². The van der Waals surface area contributed by atoms with Crippen LogP contribution in [0.2, 0.25) is 0 Å². The van der Waals surface area contributed by atoms with Gasteiger partial charge in [0.05, 0.1) is 5.52 Å². The van der Waals surface area contributed by atoms with Crippen LogP contribution >= 0.6 is 11.3 Å². The van der Waals surface area contributed by atoms with Crippen molar-refractivity contribution in [3.8, 4) is 11.4 Å². The maximum absolute atomic E-state index is 4.71. The first-order valence-corrected chi connectivity index (χ1v) is 8.34. The largest absolute Gasteiger partial charge is 0.264 e. The monoisotopic (exact) mass is 332 g/mol. The van der Waals surface area contributed by atoms with Gasteiger partial charge in [-0.1, -0.05) is 0 Å². The molecule has 0 bridgehead atoms. The highest BCUT2D eigenvalue weighted by Gasteiger charge is 2.16. The highest BCUT2D eigenvalue weighted by molar-refractivity contribution is 7.26. The Morgan fingerprint density at radius 3 is 2.92 bits per heavy atom. The fourth-order valence-electron chi connectivity index (χ4n) is 2.99. The molecule has 0 aliphatic rings. The predicted octanol–water partition coefficient (Wildman–Crippen LogP) is 3.57. The molecule has 5 aromatic rings. The summed E-state index contributed by atoms with van der Waals surface area (Å²) in [6, 6.07) is 5.92. The summed E-state index contributed by atoms with van der Waals surface area (Å²) < 4.78 is 2.73.